The predicted octanol–water partition coefficient (Wildman–Crippen LogP) is 2.58. The van der Waals surface area contributed by atoms with Crippen LogP contribution in [-0.2, 0) is 4.74 Å². The summed E-state index contributed by atoms with van der Waals surface area (Å²) in [7, 11) is 0. The van der Waals surface area contributed by atoms with Crippen LogP contribution in [0.1, 0.15) is 25.7 Å². The topological polar surface area (TPSA) is 9.23 Å². The summed E-state index contributed by atoms with van der Waals surface area (Å²) in [5, 5.41) is 0. The van der Waals surface area contributed by atoms with Crippen LogP contribution in [0.3, 0.4) is 0 Å². The molecule has 1 nitrogen and oxygen atoms in total. The maximum atomic E-state index is 5.23. The molecule has 2 aliphatic carbocycles. The molecule has 0 spiro atoms. The molecule has 2 rings (SSSR count). The fraction of sp³-hybridized carbons (Fsp3) is 0.800. The second-order valence-electron chi connectivity index (χ2n) is 3.93. The van der Waals surface area contributed by atoms with Gasteiger partial charge in [0.05, 0.1) is 12.9 Å². The summed E-state index contributed by atoms with van der Waals surface area (Å²) in [6.07, 6.45) is 7.40. The SMILES string of the molecule is C=COCC1CC2CCC1C2. The molecule has 0 saturated heterocycles. The lowest BCUT2D eigenvalue weighted by atomic mass is 9.90. The van der Waals surface area contributed by atoms with Gasteiger partial charge >= 0.3 is 0 Å². The van der Waals surface area contributed by atoms with Crippen molar-refractivity contribution >= 4 is 0 Å². The van der Waals surface area contributed by atoms with E-state index in [1.165, 1.54) is 25.7 Å². The number of rotatable bonds is 3. The van der Waals surface area contributed by atoms with Crippen LogP contribution in [0, 0.1) is 17.8 Å². The van der Waals surface area contributed by atoms with Crippen LogP contribution < -0.4 is 0 Å². The van der Waals surface area contributed by atoms with Gasteiger partial charge in [0.15, 0.2) is 0 Å². The van der Waals surface area contributed by atoms with Crippen molar-refractivity contribution in [2.45, 2.75) is 25.7 Å². The lowest BCUT2D eigenvalue weighted by Crippen LogP contribution is -2.15. The van der Waals surface area contributed by atoms with Crippen LogP contribution in [0.4, 0.5) is 0 Å². The highest BCUT2D eigenvalue weighted by Gasteiger charge is 2.39. The van der Waals surface area contributed by atoms with Gasteiger partial charge in [-0.05, 0) is 37.0 Å². The van der Waals surface area contributed by atoms with Crippen LogP contribution in [0.25, 0.3) is 0 Å². The molecular weight excluding hydrogens is 136 g/mol. The first-order valence-electron chi connectivity index (χ1n) is 4.62. The molecule has 0 radical (unpaired) electrons. The molecule has 2 saturated carbocycles. The van der Waals surface area contributed by atoms with E-state index in [4.69, 9.17) is 4.74 Å². The molecular formula is C10H16O. The van der Waals surface area contributed by atoms with Crippen molar-refractivity contribution in [1.29, 1.82) is 0 Å². The molecule has 0 aromatic heterocycles. The molecule has 2 aliphatic rings. The summed E-state index contributed by atoms with van der Waals surface area (Å²) in [5.41, 5.74) is 0. The highest BCUT2D eigenvalue weighted by Crippen LogP contribution is 2.48. The van der Waals surface area contributed by atoms with Crippen molar-refractivity contribution in [1.82, 2.24) is 0 Å². The zero-order chi connectivity index (χ0) is 7.68. The summed E-state index contributed by atoms with van der Waals surface area (Å²) < 4.78 is 5.23. The van der Waals surface area contributed by atoms with E-state index in [9.17, 15) is 0 Å². The van der Waals surface area contributed by atoms with Crippen molar-refractivity contribution < 1.29 is 4.74 Å². The van der Waals surface area contributed by atoms with Gasteiger partial charge in [-0.2, -0.15) is 0 Å². The van der Waals surface area contributed by atoms with Crippen molar-refractivity contribution in [2.24, 2.45) is 17.8 Å². The number of hydrogen-bond acceptors (Lipinski definition) is 1. The molecule has 2 fully saturated rings. The van der Waals surface area contributed by atoms with Gasteiger partial charge in [0.2, 0.25) is 0 Å². The third-order valence-corrected chi connectivity index (χ3v) is 3.31. The van der Waals surface area contributed by atoms with Gasteiger partial charge in [-0.3, -0.25) is 0 Å². The third kappa shape index (κ3) is 1.29. The quantitative estimate of drug-likeness (QED) is 0.565. The Bertz CT molecular complexity index is 153. The zero-order valence-corrected chi connectivity index (χ0v) is 6.96. The van der Waals surface area contributed by atoms with Gasteiger partial charge in [0.25, 0.3) is 0 Å². The number of fused-ring (bicyclic) bond motifs is 2. The van der Waals surface area contributed by atoms with Gasteiger partial charge in [-0.1, -0.05) is 13.0 Å². The van der Waals surface area contributed by atoms with Crippen LogP contribution in [0.5, 0.6) is 0 Å². The van der Waals surface area contributed by atoms with E-state index >= 15 is 0 Å². The lowest BCUT2D eigenvalue weighted by molar-refractivity contribution is 0.155. The van der Waals surface area contributed by atoms with E-state index in [2.05, 4.69) is 6.58 Å². The molecule has 0 aromatic carbocycles. The van der Waals surface area contributed by atoms with Gasteiger partial charge < -0.3 is 4.74 Å². The summed E-state index contributed by atoms with van der Waals surface area (Å²) >= 11 is 0. The average molecular weight is 152 g/mol. The molecule has 0 heterocycles. The molecule has 3 atom stereocenters. The van der Waals surface area contributed by atoms with Crippen molar-refractivity contribution in [3.05, 3.63) is 12.8 Å². The molecule has 1 heteroatoms. The fourth-order valence-electron chi connectivity index (χ4n) is 2.77. The first-order chi connectivity index (χ1) is 5.40. The Balaban J connectivity index is 1.83. The smallest absolute Gasteiger partial charge is 0.0903 e. The standard InChI is InChI=1S/C10H16O/c1-2-11-7-10-6-8-3-4-9(10)5-8/h2,8-10H,1,3-7H2. The fourth-order valence-corrected chi connectivity index (χ4v) is 2.77. The largest absolute Gasteiger partial charge is 0.502 e. The van der Waals surface area contributed by atoms with Crippen LogP contribution in [0.15, 0.2) is 12.8 Å². The molecule has 0 amide bonds. The second-order valence-corrected chi connectivity index (χ2v) is 3.93. The summed E-state index contributed by atoms with van der Waals surface area (Å²) in [6.45, 7) is 4.48. The minimum Gasteiger partial charge on any atom is -0.502 e. The number of ether oxygens (including phenoxy) is 1. The Morgan fingerprint density at radius 2 is 2.27 bits per heavy atom. The molecule has 0 aromatic rings. The second kappa shape index (κ2) is 2.88. The first-order valence-corrected chi connectivity index (χ1v) is 4.62. The van der Waals surface area contributed by atoms with Crippen molar-refractivity contribution in [3.8, 4) is 0 Å². The molecule has 3 unspecified atom stereocenters. The highest BCUT2D eigenvalue weighted by atomic mass is 16.5. The van der Waals surface area contributed by atoms with Crippen LogP contribution >= 0.6 is 0 Å². The maximum absolute atomic E-state index is 5.23. The highest BCUT2D eigenvalue weighted by molar-refractivity contribution is 4.89. The van der Waals surface area contributed by atoms with Crippen molar-refractivity contribution in [2.75, 3.05) is 6.61 Å². The van der Waals surface area contributed by atoms with E-state index in [0.717, 1.165) is 24.4 Å². The van der Waals surface area contributed by atoms with Crippen LogP contribution in [-0.4, -0.2) is 6.61 Å². The van der Waals surface area contributed by atoms with E-state index in [-0.39, 0.29) is 0 Å². The average Bonchev–Trinajstić information content (AvgIpc) is 2.60. The first kappa shape index (κ1) is 7.20. The van der Waals surface area contributed by atoms with Gasteiger partial charge in [0.1, 0.15) is 0 Å². The number of hydrogen-bond donors (Lipinski definition) is 0. The predicted molar refractivity (Wildman–Crippen MR) is 45.1 cm³/mol. The van der Waals surface area contributed by atoms with E-state index in [1.807, 2.05) is 0 Å². The Labute approximate surface area is 68.4 Å². The molecule has 2 bridgehead atoms. The summed E-state index contributed by atoms with van der Waals surface area (Å²) in [4.78, 5) is 0. The Hall–Kier alpha value is -0.460. The summed E-state index contributed by atoms with van der Waals surface area (Å²) in [5.74, 6) is 2.88. The lowest BCUT2D eigenvalue weighted by Gasteiger charge is -2.20. The Morgan fingerprint density at radius 3 is 2.82 bits per heavy atom. The van der Waals surface area contributed by atoms with Gasteiger partial charge in [-0.15, -0.1) is 0 Å². The summed E-state index contributed by atoms with van der Waals surface area (Å²) in [6, 6.07) is 0. The molecule has 11 heavy (non-hydrogen) atoms. The van der Waals surface area contributed by atoms with E-state index in [1.54, 1.807) is 6.26 Å². The normalized spacial score (nSPS) is 40.9. The van der Waals surface area contributed by atoms with Gasteiger partial charge in [0, 0.05) is 0 Å². The molecule has 62 valence electrons. The Kier molecular flexibility index (Phi) is 1.89. The van der Waals surface area contributed by atoms with Crippen LogP contribution in [0.2, 0.25) is 0 Å². The van der Waals surface area contributed by atoms with Gasteiger partial charge in [-0.25, -0.2) is 0 Å². The van der Waals surface area contributed by atoms with E-state index in [0.29, 0.717) is 0 Å². The monoisotopic (exact) mass is 152 g/mol. The minimum absolute atomic E-state index is 0.853. The Morgan fingerprint density at radius 1 is 1.36 bits per heavy atom. The zero-order valence-electron chi connectivity index (χ0n) is 6.96. The molecule has 0 N–H and O–H groups in total. The molecule has 0 aliphatic heterocycles. The van der Waals surface area contributed by atoms with Crippen molar-refractivity contribution in [3.63, 3.8) is 0 Å². The third-order valence-electron chi connectivity index (χ3n) is 3.31. The van der Waals surface area contributed by atoms with E-state index < -0.39 is 0 Å². The maximum Gasteiger partial charge on any atom is 0.0903 e. The minimum atomic E-state index is 0.853.